The minimum atomic E-state index is 0.485. The van der Waals surface area contributed by atoms with Gasteiger partial charge in [-0.3, -0.25) is 0 Å². The summed E-state index contributed by atoms with van der Waals surface area (Å²) in [5, 5.41) is 0.831. The minimum absolute atomic E-state index is 0.485. The number of furan rings is 1. The van der Waals surface area contributed by atoms with Crippen molar-refractivity contribution >= 4 is 26.9 Å². The van der Waals surface area contributed by atoms with Crippen LogP contribution in [0.4, 0.5) is 0 Å². The predicted molar refractivity (Wildman–Crippen MR) is 99.0 cm³/mol. The van der Waals surface area contributed by atoms with Gasteiger partial charge in [-0.05, 0) is 45.8 Å². The average Bonchev–Trinajstić information content (AvgIpc) is 3.13. The molecule has 5 heteroatoms. The Bertz CT molecular complexity index is 998. The number of pyridine rings is 1. The lowest BCUT2D eigenvalue weighted by atomic mass is 10.2. The van der Waals surface area contributed by atoms with Crippen LogP contribution in [-0.4, -0.2) is 4.98 Å². The van der Waals surface area contributed by atoms with Gasteiger partial charge in [0.1, 0.15) is 23.7 Å². The summed E-state index contributed by atoms with van der Waals surface area (Å²) >= 11 is 3.51. The van der Waals surface area contributed by atoms with Gasteiger partial charge in [-0.1, -0.05) is 30.3 Å². The summed E-state index contributed by atoms with van der Waals surface area (Å²) in [4.78, 5) is 4.29. The van der Waals surface area contributed by atoms with Gasteiger partial charge in [0.15, 0.2) is 0 Å². The van der Waals surface area contributed by atoms with Crippen molar-refractivity contribution in [2.75, 3.05) is 0 Å². The molecule has 4 aromatic rings. The van der Waals surface area contributed by atoms with Crippen LogP contribution < -0.4 is 9.47 Å². The molecule has 0 atom stereocenters. The molecule has 0 fully saturated rings. The van der Waals surface area contributed by atoms with Gasteiger partial charge in [0.25, 0.3) is 0 Å². The minimum Gasteiger partial charge on any atom is -0.488 e. The van der Waals surface area contributed by atoms with Gasteiger partial charge in [0.2, 0.25) is 5.88 Å². The van der Waals surface area contributed by atoms with Crippen molar-refractivity contribution in [2.45, 2.75) is 6.61 Å². The van der Waals surface area contributed by atoms with E-state index in [1.54, 1.807) is 18.5 Å². The van der Waals surface area contributed by atoms with Gasteiger partial charge in [-0.2, -0.15) is 0 Å². The van der Waals surface area contributed by atoms with Gasteiger partial charge < -0.3 is 13.9 Å². The fourth-order valence-corrected chi connectivity index (χ4v) is 2.82. The van der Waals surface area contributed by atoms with E-state index in [1.807, 2.05) is 54.6 Å². The van der Waals surface area contributed by atoms with Crippen molar-refractivity contribution in [3.63, 3.8) is 0 Å². The highest BCUT2D eigenvalue weighted by atomic mass is 79.9. The summed E-state index contributed by atoms with van der Waals surface area (Å²) in [7, 11) is 0. The lowest BCUT2D eigenvalue weighted by Crippen LogP contribution is -1.96. The van der Waals surface area contributed by atoms with Crippen LogP contribution in [0.25, 0.3) is 11.0 Å². The molecular formula is C20H14BrNO3. The maximum Gasteiger partial charge on any atom is 0.230 e. The fraction of sp³-hybridized carbons (Fsp3) is 0.0500. The first-order valence-corrected chi connectivity index (χ1v) is 8.55. The zero-order valence-corrected chi connectivity index (χ0v) is 14.8. The monoisotopic (exact) mass is 395 g/mol. The molecule has 25 heavy (non-hydrogen) atoms. The molecule has 0 amide bonds. The van der Waals surface area contributed by atoms with Crippen LogP contribution in [0.1, 0.15) is 5.56 Å². The lowest BCUT2D eigenvalue weighted by molar-refractivity contribution is 0.302. The normalized spacial score (nSPS) is 10.8. The van der Waals surface area contributed by atoms with Gasteiger partial charge in [0.05, 0.1) is 16.1 Å². The summed E-state index contributed by atoms with van der Waals surface area (Å²) in [5.74, 6) is 1.86. The molecule has 0 saturated heterocycles. The van der Waals surface area contributed by atoms with E-state index in [4.69, 9.17) is 13.9 Å². The Kier molecular flexibility index (Phi) is 4.39. The number of halogens is 1. The Morgan fingerprint density at radius 1 is 1.00 bits per heavy atom. The second-order valence-electron chi connectivity index (χ2n) is 5.42. The molecule has 0 aliphatic heterocycles. The molecule has 124 valence electrons. The third kappa shape index (κ3) is 3.51. The molecule has 0 spiro atoms. The van der Waals surface area contributed by atoms with Gasteiger partial charge >= 0.3 is 0 Å². The van der Waals surface area contributed by atoms with Crippen LogP contribution in [0.2, 0.25) is 0 Å². The van der Waals surface area contributed by atoms with Crippen molar-refractivity contribution < 1.29 is 13.9 Å². The molecule has 0 N–H and O–H groups in total. The lowest BCUT2D eigenvalue weighted by Gasteiger charge is -2.11. The zero-order valence-electron chi connectivity index (χ0n) is 13.2. The first-order chi connectivity index (χ1) is 12.3. The summed E-state index contributed by atoms with van der Waals surface area (Å²) in [6.45, 7) is 0.485. The third-order valence-corrected chi connectivity index (χ3v) is 4.35. The predicted octanol–water partition coefficient (Wildman–Crippen LogP) is 5.96. The van der Waals surface area contributed by atoms with E-state index in [0.717, 1.165) is 21.0 Å². The highest BCUT2D eigenvalue weighted by Gasteiger charge is 2.10. The third-order valence-electron chi connectivity index (χ3n) is 3.70. The Balaban J connectivity index is 1.56. The summed E-state index contributed by atoms with van der Waals surface area (Å²) in [6.07, 6.45) is 3.28. The highest BCUT2D eigenvalue weighted by molar-refractivity contribution is 9.10. The number of ether oxygens (including phenoxy) is 2. The summed E-state index contributed by atoms with van der Waals surface area (Å²) in [5.41, 5.74) is 1.84. The molecule has 2 aromatic heterocycles. The quantitative estimate of drug-likeness (QED) is 0.418. The van der Waals surface area contributed by atoms with Crippen LogP contribution in [0.5, 0.6) is 17.4 Å². The van der Waals surface area contributed by atoms with Crippen LogP contribution in [0, 0.1) is 0 Å². The van der Waals surface area contributed by atoms with E-state index in [-0.39, 0.29) is 0 Å². The van der Waals surface area contributed by atoms with E-state index < -0.39 is 0 Å². The average molecular weight is 396 g/mol. The molecule has 4 nitrogen and oxygen atoms in total. The molecule has 0 aliphatic rings. The van der Waals surface area contributed by atoms with Crippen molar-refractivity contribution in [2.24, 2.45) is 0 Å². The van der Waals surface area contributed by atoms with Gasteiger partial charge in [-0.15, -0.1) is 0 Å². The number of aromatic nitrogens is 1. The Morgan fingerprint density at radius 3 is 2.76 bits per heavy atom. The number of rotatable bonds is 5. The van der Waals surface area contributed by atoms with Gasteiger partial charge in [-0.25, -0.2) is 4.98 Å². The van der Waals surface area contributed by atoms with Crippen LogP contribution >= 0.6 is 15.9 Å². The number of hydrogen-bond acceptors (Lipinski definition) is 4. The van der Waals surface area contributed by atoms with Crippen molar-refractivity contribution in [3.8, 4) is 17.4 Å². The topological polar surface area (TPSA) is 44.5 Å². The molecule has 0 aliphatic carbocycles. The molecule has 2 heterocycles. The Morgan fingerprint density at radius 2 is 1.88 bits per heavy atom. The second kappa shape index (κ2) is 6.99. The molecule has 2 aromatic carbocycles. The van der Waals surface area contributed by atoms with Crippen molar-refractivity contribution in [1.82, 2.24) is 4.98 Å². The van der Waals surface area contributed by atoms with E-state index in [2.05, 4.69) is 20.9 Å². The van der Waals surface area contributed by atoms with E-state index in [0.29, 0.717) is 24.0 Å². The summed E-state index contributed by atoms with van der Waals surface area (Å²) < 4.78 is 18.1. The summed E-state index contributed by atoms with van der Waals surface area (Å²) in [6, 6.07) is 19.3. The Labute approximate surface area is 153 Å². The number of nitrogens with zero attached hydrogens (tertiary/aromatic N) is 1. The van der Waals surface area contributed by atoms with E-state index in [1.165, 1.54) is 0 Å². The molecule has 0 unspecified atom stereocenters. The first kappa shape index (κ1) is 15.7. The smallest absolute Gasteiger partial charge is 0.230 e. The number of fused-ring (bicyclic) bond motifs is 1. The number of hydrogen-bond donors (Lipinski definition) is 0. The maximum atomic E-state index is 5.93. The second-order valence-corrected chi connectivity index (χ2v) is 6.27. The Hall–Kier alpha value is -2.79. The SMILES string of the molecule is Brc1ccc(Oc2nccc3occc23)cc1OCc1ccccc1. The van der Waals surface area contributed by atoms with Crippen LogP contribution in [-0.2, 0) is 6.61 Å². The molecule has 4 rings (SSSR count). The zero-order chi connectivity index (χ0) is 17.1. The van der Waals surface area contributed by atoms with Crippen molar-refractivity contribution in [1.29, 1.82) is 0 Å². The number of benzene rings is 2. The standard InChI is InChI=1S/C20H14BrNO3/c21-17-7-6-15(12-19(17)24-13-14-4-2-1-3-5-14)25-20-16-9-11-23-18(16)8-10-22-20/h1-12H,13H2. The molecule has 0 saturated carbocycles. The van der Waals surface area contributed by atoms with E-state index >= 15 is 0 Å². The molecular weight excluding hydrogens is 382 g/mol. The van der Waals surface area contributed by atoms with Crippen LogP contribution in [0.3, 0.4) is 0 Å². The first-order valence-electron chi connectivity index (χ1n) is 7.76. The molecule has 0 radical (unpaired) electrons. The largest absolute Gasteiger partial charge is 0.488 e. The van der Waals surface area contributed by atoms with Crippen LogP contribution in [0.15, 0.2) is 82.0 Å². The van der Waals surface area contributed by atoms with Gasteiger partial charge in [0, 0.05) is 12.3 Å². The fourth-order valence-electron chi connectivity index (χ4n) is 2.45. The molecule has 0 bridgehead atoms. The highest BCUT2D eigenvalue weighted by Crippen LogP contribution is 2.34. The van der Waals surface area contributed by atoms with Crippen molar-refractivity contribution in [3.05, 3.63) is 83.2 Å². The maximum absolute atomic E-state index is 5.93. The van der Waals surface area contributed by atoms with E-state index in [9.17, 15) is 0 Å².